The molecule has 0 aliphatic heterocycles. The number of nitrogens with one attached hydrogen (secondary N) is 1. The van der Waals surface area contributed by atoms with E-state index in [2.05, 4.69) is 71.5 Å². The lowest BCUT2D eigenvalue weighted by molar-refractivity contribution is 0.275. The van der Waals surface area contributed by atoms with Crippen LogP contribution < -0.4 is 14.8 Å². The maximum atomic E-state index is 5.82. The van der Waals surface area contributed by atoms with Gasteiger partial charge in [-0.25, -0.2) is 0 Å². The van der Waals surface area contributed by atoms with Crippen molar-refractivity contribution >= 4 is 15.9 Å². The highest BCUT2D eigenvalue weighted by Gasteiger charge is 2.12. The van der Waals surface area contributed by atoms with Crippen molar-refractivity contribution in [3.8, 4) is 11.5 Å². The molecule has 130 valence electrons. The van der Waals surface area contributed by atoms with Gasteiger partial charge in [-0.05, 0) is 59.5 Å². The molecule has 0 spiro atoms. The molecule has 1 N–H and O–H groups in total. The van der Waals surface area contributed by atoms with Crippen molar-refractivity contribution in [2.45, 2.75) is 40.3 Å². The molecular weight excluding hydrogens is 366 g/mol. The zero-order valence-electron chi connectivity index (χ0n) is 14.7. The third-order valence-electron chi connectivity index (χ3n) is 3.60. The highest BCUT2D eigenvalue weighted by atomic mass is 79.9. The van der Waals surface area contributed by atoms with Crippen molar-refractivity contribution in [2.24, 2.45) is 0 Å². The Kier molecular flexibility index (Phi) is 7.60. The molecule has 2 aromatic carbocycles. The number of rotatable bonds is 9. The van der Waals surface area contributed by atoms with Crippen LogP contribution in [-0.4, -0.2) is 13.2 Å². The van der Waals surface area contributed by atoms with E-state index >= 15 is 0 Å². The van der Waals surface area contributed by atoms with Crippen molar-refractivity contribution in [3.63, 3.8) is 0 Å². The lowest BCUT2D eigenvalue weighted by Crippen LogP contribution is -2.13. The molecule has 2 aromatic rings. The quantitative estimate of drug-likeness (QED) is 0.634. The van der Waals surface area contributed by atoms with Crippen LogP contribution in [0.2, 0.25) is 0 Å². The lowest BCUT2D eigenvalue weighted by Gasteiger charge is -2.15. The number of hydrogen-bond acceptors (Lipinski definition) is 3. The molecule has 0 aliphatic carbocycles. The van der Waals surface area contributed by atoms with Gasteiger partial charge in [0.2, 0.25) is 0 Å². The largest absolute Gasteiger partial charge is 0.490 e. The van der Waals surface area contributed by atoms with Crippen molar-refractivity contribution in [1.82, 2.24) is 5.32 Å². The van der Waals surface area contributed by atoms with E-state index in [1.165, 1.54) is 16.7 Å². The molecule has 0 bridgehead atoms. The van der Waals surface area contributed by atoms with Crippen LogP contribution in [0, 0.1) is 6.92 Å². The minimum absolute atomic E-state index is 0.620. The Morgan fingerprint density at radius 3 is 2.33 bits per heavy atom. The summed E-state index contributed by atoms with van der Waals surface area (Å²) in [7, 11) is 0. The van der Waals surface area contributed by atoms with Crippen LogP contribution in [-0.2, 0) is 13.1 Å². The highest BCUT2D eigenvalue weighted by Crippen LogP contribution is 2.37. The summed E-state index contributed by atoms with van der Waals surface area (Å²) in [4.78, 5) is 0. The van der Waals surface area contributed by atoms with Crippen LogP contribution in [0.5, 0.6) is 11.5 Å². The van der Waals surface area contributed by atoms with Gasteiger partial charge in [0.05, 0.1) is 17.7 Å². The van der Waals surface area contributed by atoms with Gasteiger partial charge in [-0.15, -0.1) is 0 Å². The molecule has 0 amide bonds. The number of hydrogen-bond donors (Lipinski definition) is 1. The topological polar surface area (TPSA) is 30.5 Å². The minimum atomic E-state index is 0.620. The molecule has 4 heteroatoms. The van der Waals surface area contributed by atoms with Crippen molar-refractivity contribution < 1.29 is 9.47 Å². The maximum absolute atomic E-state index is 5.82. The SMILES string of the molecule is CCCOc1c(Br)cc(CNCc2ccc(C)cc2)cc1OCC. The molecule has 24 heavy (non-hydrogen) atoms. The van der Waals surface area contributed by atoms with Crippen LogP contribution in [0.15, 0.2) is 40.9 Å². The molecule has 2 rings (SSSR count). The van der Waals surface area contributed by atoms with Gasteiger partial charge in [-0.1, -0.05) is 36.8 Å². The van der Waals surface area contributed by atoms with Gasteiger partial charge >= 0.3 is 0 Å². The van der Waals surface area contributed by atoms with E-state index in [1.54, 1.807) is 0 Å². The second-order valence-corrected chi connectivity index (χ2v) is 6.63. The summed E-state index contributed by atoms with van der Waals surface area (Å²) in [5, 5.41) is 3.48. The van der Waals surface area contributed by atoms with Gasteiger partial charge in [0, 0.05) is 13.1 Å². The standard InChI is InChI=1S/C20H26BrNO2/c1-4-10-24-20-18(21)11-17(12-19(20)23-5-2)14-22-13-16-8-6-15(3)7-9-16/h6-9,11-12,22H,4-5,10,13-14H2,1-3H3. The van der Waals surface area contributed by atoms with Gasteiger partial charge in [0.15, 0.2) is 11.5 Å². The predicted molar refractivity (Wildman–Crippen MR) is 103 cm³/mol. The van der Waals surface area contributed by atoms with Gasteiger partial charge in [0.25, 0.3) is 0 Å². The van der Waals surface area contributed by atoms with Crippen LogP contribution in [0.25, 0.3) is 0 Å². The Labute approximate surface area is 153 Å². The zero-order valence-corrected chi connectivity index (χ0v) is 16.3. The Balaban J connectivity index is 2.02. The van der Waals surface area contributed by atoms with E-state index in [0.29, 0.717) is 13.2 Å². The molecule has 0 radical (unpaired) electrons. The van der Waals surface area contributed by atoms with Crippen molar-refractivity contribution in [1.29, 1.82) is 0 Å². The van der Waals surface area contributed by atoms with Crippen molar-refractivity contribution in [3.05, 3.63) is 57.6 Å². The van der Waals surface area contributed by atoms with Crippen LogP contribution in [0.1, 0.15) is 37.0 Å². The van der Waals surface area contributed by atoms with Gasteiger partial charge in [-0.3, -0.25) is 0 Å². The molecule has 3 nitrogen and oxygen atoms in total. The second-order valence-electron chi connectivity index (χ2n) is 5.78. The summed E-state index contributed by atoms with van der Waals surface area (Å²) >= 11 is 3.61. The van der Waals surface area contributed by atoms with E-state index in [0.717, 1.165) is 35.5 Å². The zero-order chi connectivity index (χ0) is 17.4. The van der Waals surface area contributed by atoms with E-state index in [4.69, 9.17) is 9.47 Å². The second kappa shape index (κ2) is 9.70. The van der Waals surface area contributed by atoms with Crippen molar-refractivity contribution in [2.75, 3.05) is 13.2 Å². The highest BCUT2D eigenvalue weighted by molar-refractivity contribution is 9.10. The molecule has 0 fully saturated rings. The molecule has 0 aromatic heterocycles. The summed E-state index contributed by atoms with van der Waals surface area (Å²) in [6.45, 7) is 9.11. The summed E-state index contributed by atoms with van der Waals surface area (Å²) in [5.74, 6) is 1.59. The van der Waals surface area contributed by atoms with Gasteiger partial charge in [0.1, 0.15) is 0 Å². The maximum Gasteiger partial charge on any atom is 0.175 e. The molecule has 0 saturated carbocycles. The first-order valence-electron chi connectivity index (χ1n) is 8.48. The first-order valence-corrected chi connectivity index (χ1v) is 9.27. The third-order valence-corrected chi connectivity index (χ3v) is 4.19. The van der Waals surface area contributed by atoms with Crippen LogP contribution in [0.3, 0.4) is 0 Å². The van der Waals surface area contributed by atoms with Crippen LogP contribution in [0.4, 0.5) is 0 Å². The Bertz CT molecular complexity index is 641. The van der Waals surface area contributed by atoms with E-state index in [-0.39, 0.29) is 0 Å². The van der Waals surface area contributed by atoms with E-state index < -0.39 is 0 Å². The Morgan fingerprint density at radius 2 is 1.67 bits per heavy atom. The molecule has 0 heterocycles. The fourth-order valence-electron chi connectivity index (χ4n) is 2.39. The van der Waals surface area contributed by atoms with E-state index in [1.807, 2.05) is 6.92 Å². The van der Waals surface area contributed by atoms with E-state index in [9.17, 15) is 0 Å². The monoisotopic (exact) mass is 391 g/mol. The number of halogens is 1. The molecule has 0 atom stereocenters. The van der Waals surface area contributed by atoms with Gasteiger partial charge < -0.3 is 14.8 Å². The Morgan fingerprint density at radius 1 is 0.958 bits per heavy atom. The fraction of sp³-hybridized carbons (Fsp3) is 0.400. The number of benzene rings is 2. The number of ether oxygens (including phenoxy) is 2. The Hall–Kier alpha value is -1.52. The first kappa shape index (κ1) is 18.8. The summed E-state index contributed by atoms with van der Waals surface area (Å²) in [6, 6.07) is 12.7. The summed E-state index contributed by atoms with van der Waals surface area (Å²) in [6.07, 6.45) is 0.970. The average Bonchev–Trinajstić information content (AvgIpc) is 2.56. The smallest absolute Gasteiger partial charge is 0.175 e. The molecule has 0 aliphatic rings. The normalized spacial score (nSPS) is 10.7. The lowest BCUT2D eigenvalue weighted by atomic mass is 10.1. The minimum Gasteiger partial charge on any atom is -0.490 e. The molecule has 0 unspecified atom stereocenters. The van der Waals surface area contributed by atoms with Crippen LogP contribution >= 0.6 is 15.9 Å². The first-order chi connectivity index (χ1) is 11.6. The number of aryl methyl sites for hydroxylation is 1. The third kappa shape index (κ3) is 5.53. The fourth-order valence-corrected chi connectivity index (χ4v) is 2.99. The summed E-state index contributed by atoms with van der Waals surface area (Å²) in [5.41, 5.74) is 3.74. The predicted octanol–water partition coefficient (Wildman–Crippen LogP) is 5.23. The van der Waals surface area contributed by atoms with Gasteiger partial charge in [-0.2, -0.15) is 0 Å². The molecule has 0 saturated heterocycles. The molecular formula is C20H26BrNO2. The summed E-state index contributed by atoms with van der Waals surface area (Å²) < 4.78 is 12.5. The average molecular weight is 392 g/mol.